The summed E-state index contributed by atoms with van der Waals surface area (Å²) in [5.74, 6) is 5.96. The lowest BCUT2D eigenvalue weighted by Gasteiger charge is -2.46. The molecule has 3 aliphatic heterocycles. The molecule has 0 saturated carbocycles. The number of fused-ring (bicyclic) bond motifs is 3. The van der Waals surface area contributed by atoms with Crippen molar-refractivity contribution in [3.05, 3.63) is 0 Å². The van der Waals surface area contributed by atoms with Gasteiger partial charge in [-0.15, -0.1) is 0 Å². The molecule has 1 amide bonds. The Kier molecular flexibility index (Phi) is 2.13. The van der Waals surface area contributed by atoms with Crippen LogP contribution in [0.25, 0.3) is 0 Å². The van der Waals surface area contributed by atoms with Gasteiger partial charge in [0.1, 0.15) is 0 Å². The van der Waals surface area contributed by atoms with Crippen LogP contribution in [0.2, 0.25) is 0 Å². The topological polar surface area (TPSA) is 69.8 Å². The van der Waals surface area contributed by atoms with Crippen molar-refractivity contribution in [2.75, 3.05) is 19.6 Å². The third-order valence-corrected chi connectivity index (χ3v) is 3.20. The van der Waals surface area contributed by atoms with Gasteiger partial charge in [0, 0.05) is 6.54 Å². The molecular weight excluding hydrogens is 170 g/mol. The zero-order valence-electron chi connectivity index (χ0n) is 7.52. The molecule has 0 aliphatic carbocycles. The Morgan fingerprint density at radius 3 is 2.46 bits per heavy atom. The molecule has 3 rings (SSSR count). The number of hydrogen-bond acceptors (Lipinski definition) is 3. The first-order valence-electron chi connectivity index (χ1n) is 4.67. The minimum atomic E-state index is -1.02. The van der Waals surface area contributed by atoms with Crippen LogP contribution in [0.15, 0.2) is 0 Å². The molecule has 0 unspecified atom stereocenters. The van der Waals surface area contributed by atoms with Gasteiger partial charge >= 0.3 is 6.09 Å². The summed E-state index contributed by atoms with van der Waals surface area (Å²) in [5, 5.41) is 9.73. The Bertz CT molecular complexity index is 213. The summed E-state index contributed by atoms with van der Waals surface area (Å²) in [6, 6.07) is 0.0139. The Labute approximate surface area is 77.1 Å². The van der Waals surface area contributed by atoms with Gasteiger partial charge in [0.25, 0.3) is 0 Å². The van der Waals surface area contributed by atoms with E-state index < -0.39 is 6.09 Å². The fourth-order valence-electron chi connectivity index (χ4n) is 2.39. The second-order valence-electron chi connectivity index (χ2n) is 3.90. The van der Waals surface area contributed by atoms with Crippen molar-refractivity contribution in [1.29, 1.82) is 0 Å². The summed E-state index contributed by atoms with van der Waals surface area (Å²) in [6.07, 6.45) is 1.16. The van der Waals surface area contributed by atoms with Crippen molar-refractivity contribution in [3.63, 3.8) is 0 Å². The van der Waals surface area contributed by atoms with E-state index in [2.05, 4.69) is 4.90 Å². The molecule has 2 bridgehead atoms. The molecule has 3 saturated heterocycles. The van der Waals surface area contributed by atoms with Gasteiger partial charge in [0.2, 0.25) is 0 Å². The minimum Gasteiger partial charge on any atom is -0.464 e. The maximum absolute atomic E-state index is 10.7. The number of nitrogens with zero attached hydrogens (tertiary/aromatic N) is 2. The van der Waals surface area contributed by atoms with E-state index in [4.69, 9.17) is 10.9 Å². The third kappa shape index (κ3) is 1.49. The monoisotopic (exact) mass is 185 g/mol. The zero-order chi connectivity index (χ0) is 9.42. The highest BCUT2D eigenvalue weighted by Gasteiger charge is 2.38. The molecule has 13 heavy (non-hydrogen) atoms. The van der Waals surface area contributed by atoms with E-state index in [1.165, 1.54) is 0 Å². The Balaban J connectivity index is 2.04. The van der Waals surface area contributed by atoms with E-state index in [1.54, 1.807) is 0 Å². The molecule has 0 radical (unpaired) electrons. The maximum Gasteiger partial charge on any atom is 0.421 e. The Hall–Kier alpha value is -0.810. The van der Waals surface area contributed by atoms with Crippen LogP contribution in [-0.4, -0.2) is 46.8 Å². The minimum absolute atomic E-state index is 0.0139. The molecule has 74 valence electrons. The number of rotatable bonds is 1. The molecular formula is C8H15N3O2. The molecule has 0 spiro atoms. The number of hydrazine groups is 1. The van der Waals surface area contributed by atoms with Crippen molar-refractivity contribution in [1.82, 2.24) is 9.91 Å². The number of carboxylic acid groups (broad SMARTS) is 1. The largest absolute Gasteiger partial charge is 0.464 e. The van der Waals surface area contributed by atoms with Crippen LogP contribution < -0.4 is 5.84 Å². The standard InChI is InChI=1S/C8H15N3O2/c9-11(8(12)13)7-5-10-3-1-6(7)2-4-10/h6-7H,1-5,9H2,(H,12,13)/t7-/m0/s1. The highest BCUT2D eigenvalue weighted by atomic mass is 16.4. The summed E-state index contributed by atoms with van der Waals surface area (Å²) >= 11 is 0. The van der Waals surface area contributed by atoms with E-state index >= 15 is 0 Å². The van der Waals surface area contributed by atoms with Crippen molar-refractivity contribution >= 4 is 6.09 Å². The highest BCUT2D eigenvalue weighted by Crippen LogP contribution is 2.29. The first-order valence-corrected chi connectivity index (χ1v) is 4.67. The van der Waals surface area contributed by atoms with E-state index in [0.717, 1.165) is 37.5 Å². The number of hydrogen-bond donors (Lipinski definition) is 2. The molecule has 0 aromatic carbocycles. The molecule has 5 nitrogen and oxygen atoms in total. The SMILES string of the molecule is NN(C(=O)O)[C@H]1CN2CCC1CC2. The molecule has 1 atom stereocenters. The van der Waals surface area contributed by atoms with Crippen molar-refractivity contribution < 1.29 is 9.90 Å². The van der Waals surface area contributed by atoms with Gasteiger partial charge in [-0.1, -0.05) is 0 Å². The second-order valence-corrected chi connectivity index (χ2v) is 3.90. The molecule has 0 aromatic rings. The van der Waals surface area contributed by atoms with Crippen LogP contribution in [0.4, 0.5) is 4.79 Å². The first-order chi connectivity index (χ1) is 6.18. The molecule has 5 heteroatoms. The summed E-state index contributed by atoms with van der Waals surface area (Å²) in [5.41, 5.74) is 0. The van der Waals surface area contributed by atoms with Crippen LogP contribution in [-0.2, 0) is 0 Å². The predicted molar refractivity (Wildman–Crippen MR) is 47.0 cm³/mol. The Morgan fingerprint density at radius 1 is 1.46 bits per heavy atom. The van der Waals surface area contributed by atoms with Gasteiger partial charge in [-0.05, 0) is 31.8 Å². The molecule has 3 fully saturated rings. The number of piperidine rings is 3. The zero-order valence-corrected chi connectivity index (χ0v) is 7.52. The smallest absolute Gasteiger partial charge is 0.421 e. The lowest BCUT2D eigenvalue weighted by Crippen LogP contribution is -2.60. The van der Waals surface area contributed by atoms with Crippen molar-refractivity contribution in [2.24, 2.45) is 11.8 Å². The fourth-order valence-corrected chi connectivity index (χ4v) is 2.39. The quantitative estimate of drug-likeness (QED) is 0.341. The lowest BCUT2D eigenvalue weighted by atomic mass is 9.84. The number of carbonyl (C=O) groups is 1. The molecule has 3 N–H and O–H groups in total. The van der Waals surface area contributed by atoms with Gasteiger partial charge in [0.15, 0.2) is 0 Å². The van der Waals surface area contributed by atoms with Crippen LogP contribution >= 0.6 is 0 Å². The summed E-state index contributed by atoms with van der Waals surface area (Å²) in [7, 11) is 0. The fraction of sp³-hybridized carbons (Fsp3) is 0.875. The number of amides is 1. The van der Waals surface area contributed by atoms with Gasteiger partial charge in [0.05, 0.1) is 6.04 Å². The molecule has 0 aromatic heterocycles. The van der Waals surface area contributed by atoms with Crippen molar-refractivity contribution in [3.8, 4) is 0 Å². The van der Waals surface area contributed by atoms with E-state index in [-0.39, 0.29) is 6.04 Å². The molecule has 3 heterocycles. The van der Waals surface area contributed by atoms with Gasteiger partial charge < -0.3 is 10.0 Å². The van der Waals surface area contributed by atoms with Gasteiger partial charge in [-0.3, -0.25) is 0 Å². The Morgan fingerprint density at radius 2 is 2.08 bits per heavy atom. The average molecular weight is 185 g/mol. The van der Waals surface area contributed by atoms with E-state index in [0.29, 0.717) is 5.92 Å². The summed E-state index contributed by atoms with van der Waals surface area (Å²) in [6.45, 7) is 3.02. The highest BCUT2D eigenvalue weighted by molar-refractivity contribution is 5.64. The van der Waals surface area contributed by atoms with Crippen LogP contribution in [0.3, 0.4) is 0 Å². The first kappa shape index (κ1) is 8.77. The lowest BCUT2D eigenvalue weighted by molar-refractivity contribution is 0.0102. The number of nitrogens with two attached hydrogens (primary N) is 1. The van der Waals surface area contributed by atoms with Crippen LogP contribution in [0.1, 0.15) is 12.8 Å². The molecule has 3 aliphatic rings. The maximum atomic E-state index is 10.7. The van der Waals surface area contributed by atoms with Crippen LogP contribution in [0.5, 0.6) is 0 Å². The van der Waals surface area contributed by atoms with Gasteiger partial charge in [-0.25, -0.2) is 15.6 Å². The predicted octanol–water partition coefficient (Wildman–Crippen LogP) is -0.0657. The summed E-state index contributed by atoms with van der Waals surface area (Å²) < 4.78 is 0. The third-order valence-electron chi connectivity index (χ3n) is 3.20. The summed E-state index contributed by atoms with van der Waals surface area (Å²) in [4.78, 5) is 12.9. The van der Waals surface area contributed by atoms with E-state index in [1.807, 2.05) is 0 Å². The van der Waals surface area contributed by atoms with Crippen molar-refractivity contribution in [2.45, 2.75) is 18.9 Å². The van der Waals surface area contributed by atoms with Gasteiger partial charge in [-0.2, -0.15) is 0 Å². The van der Waals surface area contributed by atoms with Crippen LogP contribution in [0, 0.1) is 5.92 Å². The van der Waals surface area contributed by atoms with E-state index in [9.17, 15) is 4.79 Å². The average Bonchev–Trinajstić information content (AvgIpc) is 2.18. The second kappa shape index (κ2) is 3.16. The normalized spacial score (nSPS) is 37.5.